The number of nitrogens with two attached hydrogens (primary N) is 1. The Morgan fingerprint density at radius 1 is 1.59 bits per heavy atom. The van der Waals surface area contributed by atoms with Crippen molar-refractivity contribution in [3.63, 3.8) is 0 Å². The Bertz CT molecular complexity index is 523. The molecule has 1 amide bonds. The number of thiazole rings is 1. The first kappa shape index (κ1) is 16.5. The van der Waals surface area contributed by atoms with E-state index in [0.717, 1.165) is 17.8 Å². The van der Waals surface area contributed by atoms with E-state index in [2.05, 4.69) is 15.3 Å². The Morgan fingerprint density at radius 2 is 2.32 bits per heavy atom. The Morgan fingerprint density at radius 3 is 2.91 bits per heavy atom. The molecule has 122 valence electrons. The highest BCUT2D eigenvalue weighted by molar-refractivity contribution is 7.11. The number of hydrogen-bond donors (Lipinski definition) is 2. The highest BCUT2D eigenvalue weighted by atomic mass is 32.1. The number of aromatic nitrogens is 1. The number of carbonyl (C=O) groups is 1. The monoisotopic (exact) mass is 325 g/mol. The smallest absolute Gasteiger partial charge is 0.409 e. The molecule has 1 aliphatic heterocycles. The number of aryl methyl sites for hydroxylation is 1. The van der Waals surface area contributed by atoms with Crippen LogP contribution in [0.2, 0.25) is 0 Å². The second-order valence-electron chi connectivity index (χ2n) is 5.17. The van der Waals surface area contributed by atoms with Crippen LogP contribution in [0.5, 0.6) is 0 Å². The normalized spacial score (nSPS) is 16.6. The lowest BCUT2D eigenvalue weighted by atomic mass is 10.1. The van der Waals surface area contributed by atoms with Crippen LogP contribution in [0, 0.1) is 6.92 Å². The van der Waals surface area contributed by atoms with Crippen LogP contribution < -0.4 is 11.1 Å². The van der Waals surface area contributed by atoms with E-state index >= 15 is 0 Å². The molecule has 2 rings (SSSR count). The molecule has 1 aliphatic rings. The number of nitrogens with zero attached hydrogens (tertiary/aromatic N) is 3. The lowest BCUT2D eigenvalue weighted by Gasteiger charge is -2.31. The molecule has 1 aromatic heterocycles. The first-order valence-electron chi connectivity index (χ1n) is 7.48. The number of piperidine rings is 1. The Kier molecular flexibility index (Phi) is 6.00. The summed E-state index contributed by atoms with van der Waals surface area (Å²) in [5.74, 6) is 0.433. The minimum absolute atomic E-state index is 0.235. The maximum absolute atomic E-state index is 11.6. The molecule has 0 atom stereocenters. The maximum atomic E-state index is 11.6. The highest BCUT2D eigenvalue weighted by Crippen LogP contribution is 2.13. The van der Waals surface area contributed by atoms with Gasteiger partial charge in [0, 0.05) is 30.2 Å². The zero-order valence-corrected chi connectivity index (χ0v) is 13.9. The first-order valence-corrected chi connectivity index (χ1v) is 8.29. The number of rotatable bonds is 4. The minimum atomic E-state index is -0.235. The zero-order chi connectivity index (χ0) is 15.9. The Labute approximate surface area is 134 Å². The molecule has 0 radical (unpaired) electrons. The molecule has 7 nitrogen and oxygen atoms in total. The molecule has 2 heterocycles. The molecule has 0 spiro atoms. The molecule has 22 heavy (non-hydrogen) atoms. The molecule has 0 saturated carbocycles. The first-order chi connectivity index (χ1) is 10.6. The van der Waals surface area contributed by atoms with Gasteiger partial charge in [0.2, 0.25) is 0 Å². The van der Waals surface area contributed by atoms with Crippen molar-refractivity contribution in [2.45, 2.75) is 39.3 Å². The highest BCUT2D eigenvalue weighted by Gasteiger charge is 2.23. The van der Waals surface area contributed by atoms with Gasteiger partial charge in [-0.2, -0.15) is 0 Å². The topological polar surface area (TPSA) is 92.8 Å². The zero-order valence-electron chi connectivity index (χ0n) is 13.0. The van der Waals surface area contributed by atoms with Gasteiger partial charge in [-0.3, -0.25) is 0 Å². The van der Waals surface area contributed by atoms with Gasteiger partial charge in [0.05, 0.1) is 13.2 Å². The number of ether oxygens (including phenoxy) is 1. The third-order valence-corrected chi connectivity index (χ3v) is 4.32. The van der Waals surface area contributed by atoms with Crippen molar-refractivity contribution >= 4 is 23.4 Å². The summed E-state index contributed by atoms with van der Waals surface area (Å²) in [6, 6.07) is 0.243. The van der Waals surface area contributed by atoms with Crippen molar-refractivity contribution in [2.24, 2.45) is 10.7 Å². The predicted molar refractivity (Wildman–Crippen MR) is 86.9 cm³/mol. The number of guanidine groups is 1. The summed E-state index contributed by atoms with van der Waals surface area (Å²) in [6.07, 6.45) is 3.28. The van der Waals surface area contributed by atoms with Gasteiger partial charge in [-0.15, -0.1) is 11.3 Å². The second kappa shape index (κ2) is 7.98. The van der Waals surface area contributed by atoms with Gasteiger partial charge < -0.3 is 20.7 Å². The average Bonchev–Trinajstić information content (AvgIpc) is 2.92. The minimum Gasteiger partial charge on any atom is -0.450 e. The third kappa shape index (κ3) is 4.87. The van der Waals surface area contributed by atoms with Crippen LogP contribution in [0.15, 0.2) is 11.2 Å². The van der Waals surface area contributed by atoms with Crippen LogP contribution >= 0.6 is 11.3 Å². The van der Waals surface area contributed by atoms with E-state index in [1.54, 1.807) is 16.2 Å². The quantitative estimate of drug-likeness (QED) is 0.646. The number of nitrogens with one attached hydrogen (secondary N) is 1. The van der Waals surface area contributed by atoms with Crippen LogP contribution in [0.4, 0.5) is 4.79 Å². The van der Waals surface area contributed by atoms with E-state index in [1.807, 2.05) is 20.0 Å². The van der Waals surface area contributed by atoms with Crippen molar-refractivity contribution in [3.05, 3.63) is 16.1 Å². The van der Waals surface area contributed by atoms with Crippen LogP contribution in [0.1, 0.15) is 29.7 Å². The maximum Gasteiger partial charge on any atom is 0.409 e. The summed E-state index contributed by atoms with van der Waals surface area (Å²) in [5.41, 5.74) is 5.91. The number of hydrogen-bond acceptors (Lipinski definition) is 5. The van der Waals surface area contributed by atoms with Crippen LogP contribution in [0.25, 0.3) is 0 Å². The van der Waals surface area contributed by atoms with Crippen molar-refractivity contribution in [1.82, 2.24) is 15.2 Å². The Balaban J connectivity index is 1.74. The summed E-state index contributed by atoms with van der Waals surface area (Å²) >= 11 is 1.62. The standard InChI is InChI=1S/C14H23N5O2S/c1-3-21-14(20)19-6-4-11(5-7-19)18-13(15)17-9-12-16-8-10(2)22-12/h8,11H,3-7,9H2,1-2H3,(H3,15,17,18). The van der Waals surface area contributed by atoms with Crippen LogP contribution in [0.3, 0.4) is 0 Å². The molecule has 1 aromatic rings. The van der Waals surface area contributed by atoms with Gasteiger partial charge in [-0.05, 0) is 26.7 Å². The molecular weight excluding hydrogens is 302 g/mol. The van der Waals surface area contributed by atoms with E-state index in [0.29, 0.717) is 32.2 Å². The average molecular weight is 325 g/mol. The Hall–Kier alpha value is -1.83. The van der Waals surface area contributed by atoms with Crippen molar-refractivity contribution in [2.75, 3.05) is 19.7 Å². The van der Waals surface area contributed by atoms with E-state index in [4.69, 9.17) is 10.5 Å². The van der Waals surface area contributed by atoms with Gasteiger partial charge in [0.1, 0.15) is 5.01 Å². The number of likely N-dealkylation sites (tertiary alicyclic amines) is 1. The van der Waals surface area contributed by atoms with E-state index in [-0.39, 0.29) is 12.1 Å². The SMILES string of the molecule is CCOC(=O)N1CCC(NC(N)=NCc2ncc(C)s2)CC1. The summed E-state index contributed by atoms with van der Waals surface area (Å²) in [7, 11) is 0. The van der Waals surface area contributed by atoms with Crippen LogP contribution in [-0.4, -0.2) is 47.7 Å². The summed E-state index contributed by atoms with van der Waals surface area (Å²) in [5, 5.41) is 4.17. The lowest BCUT2D eigenvalue weighted by Crippen LogP contribution is -2.48. The van der Waals surface area contributed by atoms with Gasteiger partial charge in [-0.1, -0.05) is 0 Å². The number of aliphatic imine (C=N–C) groups is 1. The van der Waals surface area contributed by atoms with E-state index < -0.39 is 0 Å². The second-order valence-corrected chi connectivity index (χ2v) is 6.49. The molecule has 0 aromatic carbocycles. The molecule has 1 fully saturated rings. The van der Waals surface area contributed by atoms with Gasteiger partial charge in [-0.25, -0.2) is 14.8 Å². The molecule has 0 unspecified atom stereocenters. The summed E-state index contributed by atoms with van der Waals surface area (Å²) in [6.45, 7) is 6.09. The molecule has 3 N–H and O–H groups in total. The number of amides is 1. The fourth-order valence-corrected chi connectivity index (χ4v) is 3.01. The molecule has 0 aliphatic carbocycles. The van der Waals surface area contributed by atoms with Gasteiger partial charge in [0.15, 0.2) is 5.96 Å². The van der Waals surface area contributed by atoms with Crippen molar-refractivity contribution < 1.29 is 9.53 Å². The largest absolute Gasteiger partial charge is 0.450 e. The lowest BCUT2D eigenvalue weighted by molar-refractivity contribution is 0.0963. The molecule has 1 saturated heterocycles. The van der Waals surface area contributed by atoms with Gasteiger partial charge in [0.25, 0.3) is 0 Å². The molecular formula is C14H23N5O2S. The number of carbonyl (C=O) groups excluding carboxylic acids is 1. The van der Waals surface area contributed by atoms with Crippen molar-refractivity contribution in [3.8, 4) is 0 Å². The summed E-state index contributed by atoms with van der Waals surface area (Å²) in [4.78, 5) is 23.1. The molecule has 0 bridgehead atoms. The predicted octanol–water partition coefficient (Wildman–Crippen LogP) is 1.48. The van der Waals surface area contributed by atoms with E-state index in [1.165, 1.54) is 4.88 Å². The molecule has 8 heteroatoms. The third-order valence-electron chi connectivity index (χ3n) is 3.43. The van der Waals surface area contributed by atoms with E-state index in [9.17, 15) is 4.79 Å². The van der Waals surface area contributed by atoms with Crippen LogP contribution in [-0.2, 0) is 11.3 Å². The van der Waals surface area contributed by atoms with Gasteiger partial charge >= 0.3 is 6.09 Å². The van der Waals surface area contributed by atoms with Crippen molar-refractivity contribution in [1.29, 1.82) is 0 Å². The fraction of sp³-hybridized carbons (Fsp3) is 0.643. The fourth-order valence-electron chi connectivity index (χ4n) is 2.30. The summed E-state index contributed by atoms with van der Waals surface area (Å²) < 4.78 is 5.00.